The number of amides is 1. The molecule has 1 aromatic rings. The van der Waals surface area contributed by atoms with E-state index in [1.165, 1.54) is 11.1 Å². The summed E-state index contributed by atoms with van der Waals surface area (Å²) in [6.45, 7) is 11.7. The van der Waals surface area contributed by atoms with Crippen LogP contribution in [0.15, 0.2) is 24.3 Å². The van der Waals surface area contributed by atoms with E-state index in [9.17, 15) is 4.79 Å². The molecule has 1 amide bonds. The Morgan fingerprint density at radius 3 is 2.52 bits per heavy atom. The van der Waals surface area contributed by atoms with Crippen LogP contribution >= 0.6 is 12.4 Å². The summed E-state index contributed by atoms with van der Waals surface area (Å²) in [6.07, 6.45) is 1.84. The van der Waals surface area contributed by atoms with Crippen LogP contribution in [0.2, 0.25) is 0 Å². The Morgan fingerprint density at radius 2 is 1.96 bits per heavy atom. The monoisotopic (exact) mass is 367 g/mol. The maximum absolute atomic E-state index is 12.2. The third kappa shape index (κ3) is 6.61. The number of carbonyl (C=O) groups excluding carboxylic acids is 1. The van der Waals surface area contributed by atoms with E-state index in [0.29, 0.717) is 19.0 Å². The molecule has 0 saturated carbocycles. The normalized spacial score (nSPS) is 20.2. The molecule has 1 atom stereocenters. The SMILES string of the molecule is CC(C)c1ccc(CCNC(=O)CN2CCC(N)C(C)(C)C2)cc1.Cl. The lowest BCUT2D eigenvalue weighted by molar-refractivity contribution is -0.123. The van der Waals surface area contributed by atoms with Crippen LogP contribution < -0.4 is 11.1 Å². The summed E-state index contributed by atoms with van der Waals surface area (Å²) in [6, 6.07) is 8.92. The van der Waals surface area contributed by atoms with Crippen LogP contribution in [0.25, 0.3) is 0 Å². The number of piperidine rings is 1. The second-order valence-electron chi connectivity index (χ2n) is 8.09. The van der Waals surface area contributed by atoms with Gasteiger partial charge in [-0.1, -0.05) is 52.0 Å². The van der Waals surface area contributed by atoms with Crippen LogP contribution in [0.3, 0.4) is 0 Å². The molecule has 5 heteroatoms. The number of halogens is 1. The van der Waals surface area contributed by atoms with Gasteiger partial charge >= 0.3 is 0 Å². The van der Waals surface area contributed by atoms with Crippen molar-refractivity contribution in [2.24, 2.45) is 11.1 Å². The zero-order valence-electron chi connectivity index (χ0n) is 16.0. The fraction of sp³-hybridized carbons (Fsp3) is 0.650. The van der Waals surface area contributed by atoms with Gasteiger partial charge in [0, 0.05) is 25.7 Å². The van der Waals surface area contributed by atoms with Crippen LogP contribution in [-0.2, 0) is 11.2 Å². The van der Waals surface area contributed by atoms with Crippen molar-refractivity contribution in [1.82, 2.24) is 10.2 Å². The van der Waals surface area contributed by atoms with Gasteiger partial charge in [-0.25, -0.2) is 0 Å². The predicted octanol–water partition coefficient (Wildman–Crippen LogP) is 2.95. The Labute approximate surface area is 158 Å². The molecular formula is C20H34ClN3O. The molecule has 25 heavy (non-hydrogen) atoms. The standard InChI is InChI=1S/C20H33N3O.ClH/c1-15(2)17-7-5-16(6-8-17)9-11-22-19(24)13-23-12-10-18(21)20(3,4)14-23;/h5-8,15,18H,9-14,21H2,1-4H3,(H,22,24);1H. The minimum Gasteiger partial charge on any atom is -0.355 e. The van der Waals surface area contributed by atoms with E-state index in [1.54, 1.807) is 0 Å². The van der Waals surface area contributed by atoms with Gasteiger partial charge < -0.3 is 11.1 Å². The number of benzene rings is 1. The molecule has 0 bridgehead atoms. The van der Waals surface area contributed by atoms with Crippen LogP contribution in [0.5, 0.6) is 0 Å². The molecule has 0 radical (unpaired) electrons. The van der Waals surface area contributed by atoms with Crippen molar-refractivity contribution < 1.29 is 4.79 Å². The lowest BCUT2D eigenvalue weighted by Crippen LogP contribution is -2.54. The van der Waals surface area contributed by atoms with Crippen molar-refractivity contribution in [3.63, 3.8) is 0 Å². The van der Waals surface area contributed by atoms with Gasteiger partial charge in [-0.05, 0) is 35.3 Å². The largest absolute Gasteiger partial charge is 0.355 e. The number of likely N-dealkylation sites (tertiary alicyclic amines) is 1. The fourth-order valence-electron chi connectivity index (χ4n) is 3.29. The van der Waals surface area contributed by atoms with Crippen molar-refractivity contribution in [1.29, 1.82) is 0 Å². The van der Waals surface area contributed by atoms with Crippen LogP contribution in [-0.4, -0.2) is 43.0 Å². The van der Waals surface area contributed by atoms with Crippen LogP contribution in [0, 0.1) is 5.41 Å². The topological polar surface area (TPSA) is 58.4 Å². The molecule has 1 saturated heterocycles. The molecule has 142 valence electrons. The first-order valence-electron chi connectivity index (χ1n) is 9.11. The highest BCUT2D eigenvalue weighted by atomic mass is 35.5. The average molecular weight is 368 g/mol. The molecule has 1 aliphatic rings. The van der Waals surface area contributed by atoms with Gasteiger partial charge in [0.05, 0.1) is 6.54 Å². The van der Waals surface area contributed by atoms with Crippen molar-refractivity contribution in [3.8, 4) is 0 Å². The Kier molecular flexibility index (Phi) is 8.39. The summed E-state index contributed by atoms with van der Waals surface area (Å²) in [5.41, 5.74) is 8.86. The highest BCUT2D eigenvalue weighted by Crippen LogP contribution is 2.27. The number of nitrogens with one attached hydrogen (secondary N) is 1. The first-order chi connectivity index (χ1) is 11.3. The molecule has 2 rings (SSSR count). The van der Waals surface area contributed by atoms with E-state index in [0.717, 1.165) is 25.9 Å². The molecule has 4 nitrogen and oxygen atoms in total. The molecule has 1 aliphatic heterocycles. The summed E-state index contributed by atoms with van der Waals surface area (Å²) in [5, 5.41) is 3.04. The molecular weight excluding hydrogens is 334 g/mol. The Bertz CT molecular complexity index is 542. The first kappa shape index (κ1) is 21.9. The summed E-state index contributed by atoms with van der Waals surface area (Å²) >= 11 is 0. The molecule has 1 fully saturated rings. The molecule has 0 aromatic heterocycles. The molecule has 1 unspecified atom stereocenters. The van der Waals surface area contributed by atoms with Crippen LogP contribution in [0.1, 0.15) is 51.2 Å². The van der Waals surface area contributed by atoms with E-state index in [-0.39, 0.29) is 29.8 Å². The van der Waals surface area contributed by atoms with E-state index >= 15 is 0 Å². The number of hydrogen-bond donors (Lipinski definition) is 2. The minimum atomic E-state index is 0. The van der Waals surface area contributed by atoms with E-state index < -0.39 is 0 Å². The molecule has 1 aromatic carbocycles. The Hall–Kier alpha value is -1.10. The van der Waals surface area contributed by atoms with Crippen molar-refractivity contribution in [3.05, 3.63) is 35.4 Å². The van der Waals surface area contributed by atoms with Gasteiger partial charge in [-0.15, -0.1) is 12.4 Å². The molecule has 3 N–H and O–H groups in total. The van der Waals surface area contributed by atoms with Gasteiger partial charge in [-0.2, -0.15) is 0 Å². The lowest BCUT2D eigenvalue weighted by Gasteiger charge is -2.42. The minimum absolute atomic E-state index is 0. The second-order valence-corrected chi connectivity index (χ2v) is 8.09. The Balaban J connectivity index is 0.00000312. The number of hydrogen-bond acceptors (Lipinski definition) is 3. The zero-order valence-corrected chi connectivity index (χ0v) is 16.9. The molecule has 0 spiro atoms. The van der Waals surface area contributed by atoms with Gasteiger partial charge in [0.2, 0.25) is 5.91 Å². The quantitative estimate of drug-likeness (QED) is 0.812. The smallest absolute Gasteiger partial charge is 0.234 e. The number of nitrogens with zero attached hydrogens (tertiary/aromatic N) is 1. The summed E-state index contributed by atoms with van der Waals surface area (Å²) in [4.78, 5) is 14.4. The van der Waals surface area contributed by atoms with E-state index in [4.69, 9.17) is 5.73 Å². The van der Waals surface area contributed by atoms with E-state index in [2.05, 4.69) is 62.2 Å². The summed E-state index contributed by atoms with van der Waals surface area (Å²) < 4.78 is 0. The van der Waals surface area contributed by atoms with Gasteiger partial charge in [0.15, 0.2) is 0 Å². The Morgan fingerprint density at radius 1 is 1.32 bits per heavy atom. The highest BCUT2D eigenvalue weighted by molar-refractivity contribution is 5.85. The van der Waals surface area contributed by atoms with Crippen LogP contribution in [0.4, 0.5) is 0 Å². The second kappa shape index (κ2) is 9.56. The third-order valence-electron chi connectivity index (χ3n) is 5.14. The number of rotatable bonds is 6. The number of nitrogens with two attached hydrogens (primary N) is 1. The highest BCUT2D eigenvalue weighted by Gasteiger charge is 2.33. The van der Waals surface area contributed by atoms with Gasteiger partial charge in [-0.3, -0.25) is 9.69 Å². The lowest BCUT2D eigenvalue weighted by atomic mass is 9.80. The maximum Gasteiger partial charge on any atom is 0.234 e. The summed E-state index contributed by atoms with van der Waals surface area (Å²) in [5.74, 6) is 0.667. The van der Waals surface area contributed by atoms with Crippen molar-refractivity contribution in [2.45, 2.75) is 52.5 Å². The summed E-state index contributed by atoms with van der Waals surface area (Å²) in [7, 11) is 0. The average Bonchev–Trinajstić information content (AvgIpc) is 2.51. The van der Waals surface area contributed by atoms with Crippen molar-refractivity contribution in [2.75, 3.05) is 26.2 Å². The third-order valence-corrected chi connectivity index (χ3v) is 5.14. The molecule has 0 aliphatic carbocycles. The maximum atomic E-state index is 12.2. The van der Waals surface area contributed by atoms with Crippen molar-refractivity contribution >= 4 is 18.3 Å². The van der Waals surface area contributed by atoms with Gasteiger partial charge in [0.25, 0.3) is 0 Å². The zero-order chi connectivity index (χ0) is 17.7. The van der Waals surface area contributed by atoms with E-state index in [1.807, 2.05) is 0 Å². The van der Waals surface area contributed by atoms with Gasteiger partial charge in [0.1, 0.15) is 0 Å². The molecule has 1 heterocycles. The predicted molar refractivity (Wildman–Crippen MR) is 107 cm³/mol. The number of carbonyl (C=O) groups is 1. The first-order valence-corrected chi connectivity index (χ1v) is 9.11. The fourth-order valence-corrected chi connectivity index (χ4v) is 3.29.